The summed E-state index contributed by atoms with van der Waals surface area (Å²) in [6.07, 6.45) is 0. The fourth-order valence-corrected chi connectivity index (χ4v) is 2.03. The molecule has 6 nitrogen and oxygen atoms in total. The van der Waals surface area contributed by atoms with Crippen LogP contribution in [0.2, 0.25) is 0 Å². The highest BCUT2D eigenvalue weighted by Crippen LogP contribution is 2.08. The number of nitrogens with one attached hydrogen (secondary N) is 2. The number of aliphatic hydroxyl groups is 1. The lowest BCUT2D eigenvalue weighted by Crippen LogP contribution is -2.38. The molecular formula is C17H27N3O3. The zero-order chi connectivity index (χ0) is 17.2. The van der Waals surface area contributed by atoms with Gasteiger partial charge in [0.25, 0.3) is 5.91 Å². The Morgan fingerprint density at radius 3 is 2.26 bits per heavy atom. The molecule has 0 aromatic heterocycles. The highest BCUT2D eigenvalue weighted by molar-refractivity contribution is 5.94. The average Bonchev–Trinajstić information content (AvgIpc) is 2.59. The van der Waals surface area contributed by atoms with Crippen LogP contribution in [0.25, 0.3) is 0 Å². The van der Waals surface area contributed by atoms with E-state index >= 15 is 0 Å². The molecular weight excluding hydrogens is 294 g/mol. The van der Waals surface area contributed by atoms with Gasteiger partial charge < -0.3 is 20.6 Å². The van der Waals surface area contributed by atoms with E-state index < -0.39 is 0 Å². The van der Waals surface area contributed by atoms with Gasteiger partial charge in [-0.1, -0.05) is 19.1 Å². The van der Waals surface area contributed by atoms with E-state index in [-0.39, 0.29) is 24.5 Å². The van der Waals surface area contributed by atoms with Crippen LogP contribution in [-0.2, 0) is 6.54 Å². The summed E-state index contributed by atoms with van der Waals surface area (Å²) in [6, 6.07) is 6.97. The molecule has 1 aromatic carbocycles. The van der Waals surface area contributed by atoms with Gasteiger partial charge in [0, 0.05) is 38.3 Å². The highest BCUT2D eigenvalue weighted by Gasteiger charge is 2.12. The van der Waals surface area contributed by atoms with Gasteiger partial charge in [0.1, 0.15) is 0 Å². The SMILES string of the molecule is CCN(CC)C(=O)c1ccc(CNC(=O)NCC(C)CO)cc1. The van der Waals surface area contributed by atoms with E-state index in [0.717, 1.165) is 5.56 Å². The van der Waals surface area contributed by atoms with E-state index in [9.17, 15) is 9.59 Å². The lowest BCUT2D eigenvalue weighted by molar-refractivity contribution is 0.0773. The summed E-state index contributed by atoms with van der Waals surface area (Å²) < 4.78 is 0. The quantitative estimate of drug-likeness (QED) is 0.680. The number of benzene rings is 1. The molecule has 0 spiro atoms. The molecule has 23 heavy (non-hydrogen) atoms. The summed E-state index contributed by atoms with van der Waals surface area (Å²) in [6.45, 7) is 8.00. The molecule has 0 aliphatic carbocycles. The standard InChI is InChI=1S/C17H27N3O3/c1-4-20(5-2)16(22)15-8-6-14(7-9-15)11-19-17(23)18-10-13(3)12-21/h6-9,13,21H,4-5,10-12H2,1-3H3,(H2,18,19,23). The number of hydrogen-bond acceptors (Lipinski definition) is 3. The van der Waals surface area contributed by atoms with Crippen molar-refractivity contribution in [2.45, 2.75) is 27.3 Å². The Labute approximate surface area is 137 Å². The van der Waals surface area contributed by atoms with E-state index in [2.05, 4.69) is 10.6 Å². The Hall–Kier alpha value is -2.08. The molecule has 0 aliphatic heterocycles. The van der Waals surface area contributed by atoms with Gasteiger partial charge in [-0.05, 0) is 37.5 Å². The molecule has 0 saturated heterocycles. The molecule has 1 atom stereocenters. The van der Waals surface area contributed by atoms with E-state index in [1.165, 1.54) is 0 Å². The van der Waals surface area contributed by atoms with E-state index in [4.69, 9.17) is 5.11 Å². The smallest absolute Gasteiger partial charge is 0.315 e. The summed E-state index contributed by atoms with van der Waals surface area (Å²) >= 11 is 0. The van der Waals surface area contributed by atoms with Gasteiger partial charge in [-0.25, -0.2) is 4.79 Å². The van der Waals surface area contributed by atoms with Crippen LogP contribution < -0.4 is 10.6 Å². The number of nitrogens with zero attached hydrogens (tertiary/aromatic N) is 1. The van der Waals surface area contributed by atoms with Crippen LogP contribution in [0.15, 0.2) is 24.3 Å². The van der Waals surface area contributed by atoms with Crippen molar-refractivity contribution in [1.29, 1.82) is 0 Å². The largest absolute Gasteiger partial charge is 0.396 e. The van der Waals surface area contributed by atoms with E-state index in [1.54, 1.807) is 17.0 Å². The van der Waals surface area contributed by atoms with Gasteiger partial charge in [-0.3, -0.25) is 4.79 Å². The number of amides is 3. The molecule has 128 valence electrons. The first kappa shape index (κ1) is 19.0. The lowest BCUT2D eigenvalue weighted by Gasteiger charge is -2.18. The molecule has 1 aromatic rings. The van der Waals surface area contributed by atoms with E-state index in [1.807, 2.05) is 32.9 Å². The van der Waals surface area contributed by atoms with Gasteiger partial charge in [0.2, 0.25) is 0 Å². The number of carbonyl (C=O) groups is 2. The maximum Gasteiger partial charge on any atom is 0.315 e. The first-order valence-electron chi connectivity index (χ1n) is 8.02. The van der Waals surface area contributed by atoms with Crippen LogP contribution in [0.4, 0.5) is 4.79 Å². The molecule has 6 heteroatoms. The Bertz CT molecular complexity index is 498. The fraction of sp³-hybridized carbons (Fsp3) is 0.529. The van der Waals surface area contributed by atoms with Crippen molar-refractivity contribution in [2.75, 3.05) is 26.2 Å². The van der Waals surface area contributed by atoms with Crippen LogP contribution in [0, 0.1) is 5.92 Å². The van der Waals surface area contributed by atoms with Crippen LogP contribution in [-0.4, -0.2) is 48.2 Å². The first-order valence-corrected chi connectivity index (χ1v) is 8.02. The molecule has 0 fully saturated rings. The molecule has 3 N–H and O–H groups in total. The normalized spacial score (nSPS) is 11.7. The number of rotatable bonds is 8. The topological polar surface area (TPSA) is 81.7 Å². The molecule has 0 saturated carbocycles. The summed E-state index contributed by atoms with van der Waals surface area (Å²) in [5.41, 5.74) is 1.57. The summed E-state index contributed by atoms with van der Waals surface area (Å²) in [7, 11) is 0. The lowest BCUT2D eigenvalue weighted by atomic mass is 10.1. The predicted octanol–water partition coefficient (Wildman–Crippen LogP) is 1.60. The van der Waals surface area contributed by atoms with Crippen LogP contribution >= 0.6 is 0 Å². The minimum Gasteiger partial charge on any atom is -0.396 e. The molecule has 0 heterocycles. The highest BCUT2D eigenvalue weighted by atomic mass is 16.3. The molecule has 1 rings (SSSR count). The van der Waals surface area contributed by atoms with Crippen molar-refractivity contribution >= 4 is 11.9 Å². The molecule has 1 unspecified atom stereocenters. The third-order valence-corrected chi connectivity index (χ3v) is 3.63. The average molecular weight is 321 g/mol. The van der Waals surface area contributed by atoms with Gasteiger partial charge in [-0.15, -0.1) is 0 Å². The Morgan fingerprint density at radius 2 is 1.74 bits per heavy atom. The van der Waals surface area contributed by atoms with Gasteiger partial charge >= 0.3 is 6.03 Å². The first-order chi connectivity index (χ1) is 11.0. The van der Waals surface area contributed by atoms with Crippen molar-refractivity contribution in [3.8, 4) is 0 Å². The van der Waals surface area contributed by atoms with Crippen LogP contribution in [0.1, 0.15) is 36.7 Å². The number of aliphatic hydroxyl groups excluding tert-OH is 1. The molecule has 0 aliphatic rings. The molecule has 0 radical (unpaired) electrons. The van der Waals surface area contributed by atoms with Crippen molar-refractivity contribution in [3.63, 3.8) is 0 Å². The second kappa shape index (κ2) is 9.84. The Kier molecular flexibility index (Phi) is 8.11. The monoisotopic (exact) mass is 321 g/mol. The third-order valence-electron chi connectivity index (χ3n) is 3.63. The molecule has 3 amide bonds. The van der Waals surface area contributed by atoms with E-state index in [0.29, 0.717) is 31.7 Å². The predicted molar refractivity (Wildman–Crippen MR) is 90.2 cm³/mol. The minimum atomic E-state index is -0.270. The number of urea groups is 1. The maximum atomic E-state index is 12.2. The second-order valence-electron chi connectivity index (χ2n) is 5.53. The minimum absolute atomic E-state index is 0.0187. The summed E-state index contributed by atoms with van der Waals surface area (Å²) in [5.74, 6) is 0.0522. The fourth-order valence-electron chi connectivity index (χ4n) is 2.03. The summed E-state index contributed by atoms with van der Waals surface area (Å²) in [5, 5.41) is 14.3. The third kappa shape index (κ3) is 6.28. The van der Waals surface area contributed by atoms with Gasteiger partial charge in [0.15, 0.2) is 0 Å². The molecule has 0 bridgehead atoms. The van der Waals surface area contributed by atoms with Crippen LogP contribution in [0.5, 0.6) is 0 Å². The van der Waals surface area contributed by atoms with Crippen molar-refractivity contribution < 1.29 is 14.7 Å². The zero-order valence-electron chi connectivity index (χ0n) is 14.1. The Morgan fingerprint density at radius 1 is 1.13 bits per heavy atom. The van der Waals surface area contributed by atoms with Gasteiger partial charge in [0.05, 0.1) is 0 Å². The second-order valence-corrected chi connectivity index (χ2v) is 5.53. The van der Waals surface area contributed by atoms with Crippen LogP contribution in [0.3, 0.4) is 0 Å². The number of hydrogen-bond donors (Lipinski definition) is 3. The Balaban J connectivity index is 2.48. The van der Waals surface area contributed by atoms with Gasteiger partial charge in [-0.2, -0.15) is 0 Å². The maximum absolute atomic E-state index is 12.2. The van der Waals surface area contributed by atoms with Crippen molar-refractivity contribution in [3.05, 3.63) is 35.4 Å². The van der Waals surface area contributed by atoms with Crippen molar-refractivity contribution in [1.82, 2.24) is 15.5 Å². The van der Waals surface area contributed by atoms with Crippen molar-refractivity contribution in [2.24, 2.45) is 5.92 Å². The summed E-state index contributed by atoms with van der Waals surface area (Å²) in [4.78, 5) is 25.6. The number of carbonyl (C=O) groups excluding carboxylic acids is 2. The zero-order valence-corrected chi connectivity index (χ0v) is 14.1.